The molecule has 0 bridgehead atoms. The third-order valence-electron chi connectivity index (χ3n) is 3.94. The number of carbonyl (C=O) groups is 1. The van der Waals surface area contributed by atoms with Gasteiger partial charge in [0.05, 0.1) is 33.0 Å². The summed E-state index contributed by atoms with van der Waals surface area (Å²) in [5.41, 5.74) is 1.72. The molecule has 2 heterocycles. The van der Waals surface area contributed by atoms with Crippen molar-refractivity contribution in [3.63, 3.8) is 0 Å². The summed E-state index contributed by atoms with van der Waals surface area (Å²) in [5.74, 6) is -0.260. The predicted octanol–water partition coefficient (Wildman–Crippen LogP) is 5.34. The standard InChI is InChI=1S/C19H11Cl2N3O/c20-15-7-14-13(5-6-23-17(14)8-16(15)21)19(25)24-18-10-22-9-11-3-1-2-4-12(11)18/h1-10H,(H,24,25). The molecule has 1 amide bonds. The van der Waals surface area contributed by atoms with Crippen LogP contribution in [0, 0.1) is 0 Å². The van der Waals surface area contributed by atoms with Crippen molar-refractivity contribution in [1.82, 2.24) is 9.97 Å². The van der Waals surface area contributed by atoms with Crippen molar-refractivity contribution >= 4 is 56.5 Å². The monoisotopic (exact) mass is 367 g/mol. The second kappa shape index (κ2) is 6.31. The Morgan fingerprint density at radius 3 is 2.64 bits per heavy atom. The fraction of sp³-hybridized carbons (Fsp3) is 0. The van der Waals surface area contributed by atoms with E-state index in [1.165, 1.54) is 0 Å². The Balaban J connectivity index is 1.79. The summed E-state index contributed by atoms with van der Waals surface area (Å²) in [6, 6.07) is 12.7. The summed E-state index contributed by atoms with van der Waals surface area (Å²) in [7, 11) is 0. The quantitative estimate of drug-likeness (QED) is 0.519. The highest BCUT2D eigenvalue weighted by Gasteiger charge is 2.14. The number of nitrogens with one attached hydrogen (secondary N) is 1. The van der Waals surface area contributed by atoms with Gasteiger partial charge in [-0.15, -0.1) is 0 Å². The number of rotatable bonds is 2. The number of hydrogen-bond acceptors (Lipinski definition) is 3. The van der Waals surface area contributed by atoms with Crippen molar-refractivity contribution in [1.29, 1.82) is 0 Å². The van der Waals surface area contributed by atoms with Gasteiger partial charge in [0.25, 0.3) is 5.91 Å². The molecular weight excluding hydrogens is 357 g/mol. The highest BCUT2D eigenvalue weighted by Crippen LogP contribution is 2.29. The van der Waals surface area contributed by atoms with Crippen molar-refractivity contribution in [3.8, 4) is 0 Å². The van der Waals surface area contributed by atoms with Crippen molar-refractivity contribution in [2.75, 3.05) is 5.32 Å². The Bertz CT molecular complexity index is 1120. The van der Waals surface area contributed by atoms with E-state index in [-0.39, 0.29) is 5.91 Å². The van der Waals surface area contributed by atoms with Crippen LogP contribution >= 0.6 is 23.2 Å². The van der Waals surface area contributed by atoms with E-state index in [4.69, 9.17) is 23.2 Å². The van der Waals surface area contributed by atoms with E-state index in [2.05, 4.69) is 15.3 Å². The molecule has 2 aromatic heterocycles. The lowest BCUT2D eigenvalue weighted by atomic mass is 10.1. The van der Waals surface area contributed by atoms with E-state index in [9.17, 15) is 4.79 Å². The zero-order chi connectivity index (χ0) is 17.4. The number of pyridine rings is 2. The van der Waals surface area contributed by atoms with Crippen molar-refractivity contribution in [3.05, 3.63) is 76.7 Å². The Morgan fingerprint density at radius 2 is 1.76 bits per heavy atom. The number of hydrogen-bond donors (Lipinski definition) is 1. The van der Waals surface area contributed by atoms with Crippen LogP contribution in [0.1, 0.15) is 10.4 Å². The average Bonchev–Trinajstić information content (AvgIpc) is 2.62. The van der Waals surface area contributed by atoms with E-state index in [0.717, 1.165) is 10.8 Å². The first-order valence-electron chi connectivity index (χ1n) is 7.51. The summed E-state index contributed by atoms with van der Waals surface area (Å²) in [4.78, 5) is 21.3. The van der Waals surface area contributed by atoms with E-state index >= 15 is 0 Å². The molecule has 2 aromatic carbocycles. The number of carbonyl (C=O) groups excluding carboxylic acids is 1. The topological polar surface area (TPSA) is 54.9 Å². The van der Waals surface area contributed by atoms with Crippen LogP contribution in [0.3, 0.4) is 0 Å². The van der Waals surface area contributed by atoms with Crippen LogP contribution in [0.4, 0.5) is 5.69 Å². The molecule has 0 radical (unpaired) electrons. The van der Waals surface area contributed by atoms with Gasteiger partial charge in [-0.3, -0.25) is 14.8 Å². The highest BCUT2D eigenvalue weighted by atomic mass is 35.5. The normalized spacial score (nSPS) is 11.0. The molecule has 25 heavy (non-hydrogen) atoms. The Labute approximate surface area is 153 Å². The SMILES string of the molecule is O=C(Nc1cncc2ccccc12)c1ccnc2cc(Cl)c(Cl)cc12. The fourth-order valence-corrected chi connectivity index (χ4v) is 3.07. The van der Waals surface area contributed by atoms with Gasteiger partial charge >= 0.3 is 0 Å². The van der Waals surface area contributed by atoms with Gasteiger partial charge in [-0.25, -0.2) is 0 Å². The molecule has 0 spiro atoms. The molecule has 0 unspecified atom stereocenters. The predicted molar refractivity (Wildman–Crippen MR) is 101 cm³/mol. The molecule has 4 aromatic rings. The van der Waals surface area contributed by atoms with Crippen LogP contribution in [0.15, 0.2) is 61.1 Å². The third-order valence-corrected chi connectivity index (χ3v) is 4.67. The molecule has 4 rings (SSSR count). The van der Waals surface area contributed by atoms with Crippen LogP contribution in [0.5, 0.6) is 0 Å². The summed E-state index contributed by atoms with van der Waals surface area (Å²) in [5, 5.41) is 6.22. The zero-order valence-corrected chi connectivity index (χ0v) is 14.3. The van der Waals surface area contributed by atoms with E-state index < -0.39 is 0 Å². The molecule has 0 atom stereocenters. The van der Waals surface area contributed by atoms with Gasteiger partial charge in [0, 0.05) is 28.6 Å². The fourth-order valence-electron chi connectivity index (χ4n) is 2.74. The Hall–Kier alpha value is -2.69. The first-order chi connectivity index (χ1) is 12.1. The van der Waals surface area contributed by atoms with Gasteiger partial charge in [-0.2, -0.15) is 0 Å². The minimum absolute atomic E-state index is 0.260. The molecule has 0 aliphatic carbocycles. The van der Waals surface area contributed by atoms with Crippen molar-refractivity contribution in [2.24, 2.45) is 0 Å². The van der Waals surface area contributed by atoms with Gasteiger partial charge in [-0.1, -0.05) is 47.5 Å². The molecule has 0 saturated heterocycles. The van der Waals surface area contributed by atoms with Crippen molar-refractivity contribution in [2.45, 2.75) is 0 Å². The summed E-state index contributed by atoms with van der Waals surface area (Å²) in [6.45, 7) is 0. The zero-order valence-electron chi connectivity index (χ0n) is 12.8. The Morgan fingerprint density at radius 1 is 0.960 bits per heavy atom. The maximum Gasteiger partial charge on any atom is 0.256 e. The van der Waals surface area contributed by atoms with Crippen LogP contribution in [0.2, 0.25) is 10.0 Å². The van der Waals surface area contributed by atoms with Gasteiger partial charge in [0.1, 0.15) is 0 Å². The van der Waals surface area contributed by atoms with Gasteiger partial charge < -0.3 is 5.32 Å². The van der Waals surface area contributed by atoms with Crippen LogP contribution in [-0.2, 0) is 0 Å². The molecule has 0 aliphatic rings. The number of anilines is 1. The lowest BCUT2D eigenvalue weighted by molar-refractivity contribution is 0.102. The van der Waals surface area contributed by atoms with E-state index in [1.807, 2.05) is 24.3 Å². The number of benzene rings is 2. The number of amides is 1. The van der Waals surface area contributed by atoms with Gasteiger partial charge in [0.15, 0.2) is 0 Å². The van der Waals surface area contributed by atoms with Crippen LogP contribution in [-0.4, -0.2) is 15.9 Å². The molecule has 122 valence electrons. The second-order valence-electron chi connectivity index (χ2n) is 5.50. The molecule has 6 heteroatoms. The minimum Gasteiger partial charge on any atom is -0.320 e. The number of aromatic nitrogens is 2. The smallest absolute Gasteiger partial charge is 0.256 e. The number of fused-ring (bicyclic) bond motifs is 2. The largest absolute Gasteiger partial charge is 0.320 e. The highest BCUT2D eigenvalue weighted by molar-refractivity contribution is 6.43. The molecule has 0 aliphatic heterocycles. The lowest BCUT2D eigenvalue weighted by Crippen LogP contribution is -2.13. The summed E-state index contributed by atoms with van der Waals surface area (Å²) in [6.07, 6.45) is 4.96. The summed E-state index contributed by atoms with van der Waals surface area (Å²) >= 11 is 12.1. The first kappa shape index (κ1) is 15.8. The van der Waals surface area contributed by atoms with Gasteiger partial charge in [-0.05, 0) is 18.2 Å². The number of halogens is 2. The third kappa shape index (κ3) is 2.90. The van der Waals surface area contributed by atoms with Gasteiger partial charge in [0.2, 0.25) is 0 Å². The molecule has 0 fully saturated rings. The number of nitrogens with zero attached hydrogens (tertiary/aromatic N) is 2. The Kier molecular flexibility index (Phi) is 3.99. The average molecular weight is 368 g/mol. The minimum atomic E-state index is -0.260. The maximum absolute atomic E-state index is 12.8. The van der Waals surface area contributed by atoms with Crippen LogP contribution < -0.4 is 5.32 Å². The molecule has 4 nitrogen and oxygen atoms in total. The maximum atomic E-state index is 12.8. The second-order valence-corrected chi connectivity index (χ2v) is 6.32. The molecule has 0 saturated carbocycles. The van der Waals surface area contributed by atoms with Crippen molar-refractivity contribution < 1.29 is 4.79 Å². The van der Waals surface area contributed by atoms with E-state index in [1.54, 1.807) is 36.8 Å². The molecule has 1 N–H and O–H groups in total. The lowest BCUT2D eigenvalue weighted by Gasteiger charge is -2.10. The molecular formula is C19H11Cl2N3O. The summed E-state index contributed by atoms with van der Waals surface area (Å²) < 4.78 is 0. The van der Waals surface area contributed by atoms with Crippen LogP contribution in [0.25, 0.3) is 21.7 Å². The van der Waals surface area contributed by atoms with E-state index in [0.29, 0.717) is 32.2 Å². The first-order valence-corrected chi connectivity index (χ1v) is 8.27.